The van der Waals surface area contributed by atoms with Gasteiger partial charge in [0.1, 0.15) is 11.3 Å². The lowest BCUT2D eigenvalue weighted by Crippen LogP contribution is -2.00. The number of fused-ring (bicyclic) bond motifs is 3. The number of hydrogen-bond acceptors (Lipinski definition) is 5. The maximum absolute atomic E-state index is 11.3. The number of aromatic hydroxyl groups is 1. The zero-order valence-electron chi connectivity index (χ0n) is 13.7. The molecule has 6 nitrogen and oxygen atoms in total. The third-order valence-corrected chi connectivity index (χ3v) is 5.32. The molecular weight excluding hydrogens is 447 g/mol. The van der Waals surface area contributed by atoms with Crippen molar-refractivity contribution in [3.05, 3.63) is 60.9 Å². The molecule has 0 fully saturated rings. The summed E-state index contributed by atoms with van der Waals surface area (Å²) < 4.78 is 6.96. The standard InChI is InChI=1S/C19H15IN2O4/c20-11-5-7-12(8-6-11)21-10-14-18-13-3-1-2-4-16(13)26-17(18)9-15(19(14)23)22(24)25/h5-10,23H,1-4H2. The molecule has 1 aromatic heterocycles. The van der Waals surface area contributed by atoms with E-state index in [0.29, 0.717) is 16.8 Å². The summed E-state index contributed by atoms with van der Waals surface area (Å²) in [5.41, 5.74) is 2.15. The van der Waals surface area contributed by atoms with Crippen molar-refractivity contribution in [2.24, 2.45) is 4.99 Å². The molecule has 1 aliphatic rings. The fourth-order valence-corrected chi connectivity index (χ4v) is 3.72. The largest absolute Gasteiger partial charge is 0.502 e. The molecule has 26 heavy (non-hydrogen) atoms. The molecule has 0 saturated heterocycles. The van der Waals surface area contributed by atoms with Crippen molar-refractivity contribution in [3.63, 3.8) is 0 Å². The Bertz CT molecular complexity index is 1040. The van der Waals surface area contributed by atoms with Crippen molar-refractivity contribution in [1.29, 1.82) is 0 Å². The van der Waals surface area contributed by atoms with Gasteiger partial charge in [-0.3, -0.25) is 15.1 Å². The van der Waals surface area contributed by atoms with Gasteiger partial charge < -0.3 is 9.52 Å². The Morgan fingerprint density at radius 3 is 2.69 bits per heavy atom. The van der Waals surface area contributed by atoms with E-state index in [-0.39, 0.29) is 11.4 Å². The number of rotatable bonds is 3. The molecule has 7 heteroatoms. The third kappa shape index (κ3) is 2.96. The minimum Gasteiger partial charge on any atom is -0.502 e. The number of nitro benzene ring substituents is 1. The van der Waals surface area contributed by atoms with Crippen LogP contribution < -0.4 is 0 Å². The van der Waals surface area contributed by atoms with Gasteiger partial charge in [0.05, 0.1) is 22.2 Å². The Morgan fingerprint density at radius 1 is 1.23 bits per heavy atom. The molecule has 2 aromatic carbocycles. The van der Waals surface area contributed by atoms with Gasteiger partial charge in [0.25, 0.3) is 0 Å². The first-order valence-corrected chi connectivity index (χ1v) is 9.36. The number of hydrogen-bond donors (Lipinski definition) is 1. The molecule has 0 bridgehead atoms. The van der Waals surface area contributed by atoms with Crippen LogP contribution in [0.4, 0.5) is 11.4 Å². The van der Waals surface area contributed by atoms with Crippen molar-refractivity contribution in [2.45, 2.75) is 25.7 Å². The molecule has 0 spiro atoms. The normalized spacial score (nSPS) is 14.0. The minimum absolute atomic E-state index is 0.347. The lowest BCUT2D eigenvalue weighted by Gasteiger charge is -2.10. The number of phenolic OH excluding ortho intramolecular Hbond substituents is 1. The van der Waals surface area contributed by atoms with E-state index in [1.54, 1.807) is 0 Å². The van der Waals surface area contributed by atoms with E-state index in [4.69, 9.17) is 4.42 Å². The second kappa shape index (κ2) is 6.71. The summed E-state index contributed by atoms with van der Waals surface area (Å²) in [6, 6.07) is 8.88. The van der Waals surface area contributed by atoms with E-state index in [2.05, 4.69) is 27.6 Å². The molecule has 132 valence electrons. The maximum Gasteiger partial charge on any atom is 0.315 e. The predicted octanol–water partition coefficient (Wildman–Crippen LogP) is 5.28. The van der Waals surface area contributed by atoms with E-state index in [9.17, 15) is 15.2 Å². The first kappa shape index (κ1) is 17.0. The molecule has 1 heterocycles. The summed E-state index contributed by atoms with van der Waals surface area (Å²) in [6.45, 7) is 0. The highest BCUT2D eigenvalue weighted by Crippen LogP contribution is 2.41. The number of furan rings is 1. The molecule has 0 radical (unpaired) electrons. The average molecular weight is 462 g/mol. The van der Waals surface area contributed by atoms with Crippen LogP contribution in [0.15, 0.2) is 39.7 Å². The van der Waals surface area contributed by atoms with Gasteiger partial charge in [-0.2, -0.15) is 0 Å². The molecule has 0 aliphatic heterocycles. The zero-order chi connectivity index (χ0) is 18.3. The van der Waals surface area contributed by atoms with Crippen molar-refractivity contribution < 1.29 is 14.4 Å². The SMILES string of the molecule is O=[N+]([O-])c1cc2oc3c(c2c(C=Nc2ccc(I)cc2)c1O)CCCC3. The fourth-order valence-electron chi connectivity index (χ4n) is 3.36. The molecule has 0 amide bonds. The Morgan fingerprint density at radius 2 is 1.96 bits per heavy atom. The van der Waals surface area contributed by atoms with Crippen LogP contribution in [0.2, 0.25) is 0 Å². The number of halogens is 1. The van der Waals surface area contributed by atoms with Crippen molar-refractivity contribution in [2.75, 3.05) is 0 Å². The number of aliphatic imine (C=N–C) groups is 1. The third-order valence-electron chi connectivity index (χ3n) is 4.60. The van der Waals surface area contributed by atoms with E-state index >= 15 is 0 Å². The number of nitro groups is 1. The Labute approximate surface area is 162 Å². The number of aryl methyl sites for hydroxylation is 2. The number of nitrogens with zero attached hydrogens (tertiary/aromatic N) is 2. The molecule has 0 unspecified atom stereocenters. The highest BCUT2D eigenvalue weighted by Gasteiger charge is 2.27. The van der Waals surface area contributed by atoms with Gasteiger partial charge in [-0.15, -0.1) is 0 Å². The molecule has 4 rings (SSSR count). The first-order valence-electron chi connectivity index (χ1n) is 8.29. The van der Waals surface area contributed by atoms with Crippen LogP contribution in [0, 0.1) is 13.7 Å². The summed E-state index contributed by atoms with van der Waals surface area (Å²) in [6.07, 6.45) is 5.22. The lowest BCUT2D eigenvalue weighted by molar-refractivity contribution is -0.385. The van der Waals surface area contributed by atoms with E-state index in [0.717, 1.165) is 46.0 Å². The second-order valence-corrected chi connectivity index (χ2v) is 7.48. The Hall–Kier alpha value is -2.42. The summed E-state index contributed by atoms with van der Waals surface area (Å²) in [5.74, 6) is 0.487. The smallest absolute Gasteiger partial charge is 0.315 e. The number of benzene rings is 2. The Balaban J connectivity index is 1.92. The van der Waals surface area contributed by atoms with Gasteiger partial charge >= 0.3 is 5.69 Å². The Kier molecular flexibility index (Phi) is 4.39. The van der Waals surface area contributed by atoms with Gasteiger partial charge in [-0.1, -0.05) is 0 Å². The van der Waals surface area contributed by atoms with Crippen molar-refractivity contribution in [3.8, 4) is 5.75 Å². The van der Waals surface area contributed by atoms with Gasteiger partial charge in [-0.25, -0.2) is 0 Å². The molecule has 1 N–H and O–H groups in total. The molecular formula is C19H15IN2O4. The van der Waals surface area contributed by atoms with Crippen LogP contribution in [-0.4, -0.2) is 16.2 Å². The van der Waals surface area contributed by atoms with Gasteiger partial charge in [0.2, 0.25) is 5.75 Å². The monoisotopic (exact) mass is 462 g/mol. The van der Waals surface area contributed by atoms with Crippen LogP contribution >= 0.6 is 22.6 Å². The molecule has 1 aliphatic carbocycles. The second-order valence-electron chi connectivity index (χ2n) is 6.23. The highest BCUT2D eigenvalue weighted by atomic mass is 127. The van der Waals surface area contributed by atoms with E-state index < -0.39 is 4.92 Å². The first-order chi connectivity index (χ1) is 12.5. The summed E-state index contributed by atoms with van der Waals surface area (Å²) >= 11 is 2.21. The summed E-state index contributed by atoms with van der Waals surface area (Å²) in [7, 11) is 0. The molecule has 0 atom stereocenters. The van der Waals surface area contributed by atoms with Crippen LogP contribution in [0.1, 0.15) is 29.7 Å². The van der Waals surface area contributed by atoms with Gasteiger partial charge in [0.15, 0.2) is 0 Å². The van der Waals surface area contributed by atoms with Crippen LogP contribution in [-0.2, 0) is 12.8 Å². The van der Waals surface area contributed by atoms with Crippen LogP contribution in [0.3, 0.4) is 0 Å². The topological polar surface area (TPSA) is 88.9 Å². The van der Waals surface area contributed by atoms with Gasteiger partial charge in [0, 0.05) is 27.2 Å². The predicted molar refractivity (Wildman–Crippen MR) is 108 cm³/mol. The van der Waals surface area contributed by atoms with Gasteiger partial charge in [-0.05, 0) is 66.1 Å². The quantitative estimate of drug-likeness (QED) is 0.248. The average Bonchev–Trinajstić information content (AvgIpc) is 3.00. The molecule has 3 aromatic rings. The van der Waals surface area contributed by atoms with E-state index in [1.165, 1.54) is 12.3 Å². The van der Waals surface area contributed by atoms with Crippen molar-refractivity contribution in [1.82, 2.24) is 0 Å². The van der Waals surface area contributed by atoms with Crippen molar-refractivity contribution >= 4 is 51.1 Å². The summed E-state index contributed by atoms with van der Waals surface area (Å²) in [4.78, 5) is 15.1. The summed E-state index contributed by atoms with van der Waals surface area (Å²) in [5, 5.41) is 22.6. The highest BCUT2D eigenvalue weighted by molar-refractivity contribution is 14.1. The van der Waals surface area contributed by atoms with Crippen LogP contribution in [0.25, 0.3) is 11.0 Å². The van der Waals surface area contributed by atoms with Crippen LogP contribution in [0.5, 0.6) is 5.75 Å². The maximum atomic E-state index is 11.3. The van der Waals surface area contributed by atoms with E-state index in [1.807, 2.05) is 24.3 Å². The molecule has 0 saturated carbocycles. The minimum atomic E-state index is -0.599. The fraction of sp³-hybridized carbons (Fsp3) is 0.211. The lowest BCUT2D eigenvalue weighted by atomic mass is 9.93. The zero-order valence-corrected chi connectivity index (χ0v) is 15.9. The number of phenols is 1.